The van der Waals surface area contributed by atoms with Crippen molar-refractivity contribution in [2.75, 3.05) is 0 Å². The minimum absolute atomic E-state index is 0.610. The predicted molar refractivity (Wildman–Crippen MR) is 200 cm³/mol. The summed E-state index contributed by atoms with van der Waals surface area (Å²) in [5, 5.41) is 0. The number of nitrogens with zero attached hydrogens (tertiary/aromatic N) is 2. The van der Waals surface area contributed by atoms with Crippen LogP contribution in [0.2, 0.25) is 0 Å². The fraction of sp³-hybridized carbons (Fsp3) is 0.0909. The van der Waals surface area contributed by atoms with E-state index in [9.17, 15) is 52.7 Å². The molecule has 3 nitrogen and oxygen atoms in total. The third-order valence-electron chi connectivity index (χ3n) is 10.5. The van der Waals surface area contributed by atoms with E-state index in [1.54, 1.807) is 6.20 Å². The molecular formula is C44H21BF20N2O. The van der Waals surface area contributed by atoms with Gasteiger partial charge in [0.05, 0.1) is 6.20 Å². The van der Waals surface area contributed by atoms with Gasteiger partial charge in [0, 0.05) is 5.56 Å². The van der Waals surface area contributed by atoms with Crippen LogP contribution in [0.4, 0.5) is 87.8 Å². The summed E-state index contributed by atoms with van der Waals surface area (Å²) in [6.07, 6.45) is -1.55. The summed E-state index contributed by atoms with van der Waals surface area (Å²) >= 11 is 0. The fourth-order valence-electron chi connectivity index (χ4n) is 7.66. The van der Waals surface area contributed by atoms with E-state index in [0.29, 0.717) is 5.88 Å². The molecule has 7 aromatic rings. The Balaban J connectivity index is 0.000000276. The van der Waals surface area contributed by atoms with Crippen LogP contribution in [-0.4, -0.2) is 11.1 Å². The zero-order valence-corrected chi connectivity index (χ0v) is 33.9. The molecule has 0 saturated carbocycles. The van der Waals surface area contributed by atoms with Gasteiger partial charge >= 0.3 is 0 Å². The van der Waals surface area contributed by atoms with Gasteiger partial charge in [-0.2, -0.15) is 4.57 Å². The average molecular weight is 984 g/mol. The Hall–Kier alpha value is -7.14. The number of benzene rings is 6. The Labute approximate surface area is 368 Å². The van der Waals surface area contributed by atoms with Crippen LogP contribution in [0.15, 0.2) is 61.1 Å². The second kappa shape index (κ2) is 18.9. The summed E-state index contributed by atoms with van der Waals surface area (Å²) in [4.78, 5) is 4.34. The predicted octanol–water partition coefficient (Wildman–Crippen LogP) is 9.98. The van der Waals surface area contributed by atoms with Crippen molar-refractivity contribution in [2.45, 2.75) is 27.3 Å². The molecule has 7 rings (SSSR count). The molecule has 0 aliphatic rings. The minimum Gasteiger partial charge on any atom is -0.434 e. The molecule has 0 amide bonds. The Morgan fingerprint density at radius 2 is 0.721 bits per heavy atom. The van der Waals surface area contributed by atoms with Gasteiger partial charge in [-0.3, -0.25) is 0 Å². The molecule has 1 aromatic heterocycles. The number of rotatable bonds is 8. The summed E-state index contributed by atoms with van der Waals surface area (Å²) in [5.74, 6) is -69.9. The Kier molecular flexibility index (Phi) is 13.9. The number of aryl methyl sites for hydroxylation is 3. The van der Waals surface area contributed by atoms with E-state index in [-0.39, 0.29) is 0 Å². The van der Waals surface area contributed by atoms with Crippen molar-refractivity contribution in [1.29, 1.82) is 0 Å². The molecule has 68 heavy (non-hydrogen) atoms. The summed E-state index contributed by atoms with van der Waals surface area (Å²) in [6, 6.07) is 14.6. The van der Waals surface area contributed by atoms with Crippen LogP contribution in [0.5, 0.6) is 11.6 Å². The number of ether oxygens (including phenoxy) is 1. The summed E-state index contributed by atoms with van der Waals surface area (Å²) in [5.41, 5.74) is -9.58. The van der Waals surface area contributed by atoms with Crippen molar-refractivity contribution in [3.8, 4) is 11.6 Å². The largest absolute Gasteiger partial charge is 0.434 e. The highest BCUT2D eigenvalue weighted by molar-refractivity contribution is 7.20. The first-order valence-corrected chi connectivity index (χ1v) is 18.7. The van der Waals surface area contributed by atoms with Crippen LogP contribution in [0.3, 0.4) is 0 Å². The zero-order valence-electron chi connectivity index (χ0n) is 33.9. The van der Waals surface area contributed by atoms with Crippen molar-refractivity contribution in [2.24, 2.45) is 0 Å². The van der Waals surface area contributed by atoms with E-state index in [1.165, 1.54) is 11.1 Å². The van der Waals surface area contributed by atoms with Gasteiger partial charge < -0.3 is 4.74 Å². The highest BCUT2D eigenvalue weighted by atomic mass is 19.2. The van der Waals surface area contributed by atoms with E-state index < -0.39 is 144 Å². The van der Waals surface area contributed by atoms with Crippen LogP contribution in [0, 0.1) is 137 Å². The van der Waals surface area contributed by atoms with Crippen LogP contribution in [0.25, 0.3) is 0 Å². The van der Waals surface area contributed by atoms with Gasteiger partial charge in [-0.1, -0.05) is 48.0 Å². The highest BCUT2D eigenvalue weighted by Gasteiger charge is 2.52. The molecule has 0 fully saturated rings. The molecule has 1 heterocycles. The third kappa shape index (κ3) is 8.22. The Bertz CT molecular complexity index is 2770. The topological polar surface area (TPSA) is 26.0 Å². The molecule has 0 aliphatic heterocycles. The number of halogens is 20. The van der Waals surface area contributed by atoms with E-state index in [2.05, 4.69) is 54.6 Å². The lowest BCUT2D eigenvalue weighted by Crippen LogP contribution is -2.81. The summed E-state index contributed by atoms with van der Waals surface area (Å²) < 4.78 is 302. The highest BCUT2D eigenvalue weighted by Crippen LogP contribution is 2.32. The summed E-state index contributed by atoms with van der Waals surface area (Å²) in [6.45, 7) is 7.02. The first-order valence-electron chi connectivity index (χ1n) is 18.7. The quantitative estimate of drug-likeness (QED) is 0.0499. The van der Waals surface area contributed by atoms with Crippen LogP contribution >= 0.6 is 0 Å². The molecule has 0 radical (unpaired) electrons. The maximum Gasteiger partial charge on any atom is 0.285 e. The van der Waals surface area contributed by atoms with E-state index in [0.717, 1.165) is 23.4 Å². The third-order valence-corrected chi connectivity index (χ3v) is 10.5. The smallest absolute Gasteiger partial charge is 0.285 e. The van der Waals surface area contributed by atoms with E-state index in [1.807, 2.05) is 30.6 Å². The molecule has 6 aromatic carbocycles. The standard InChI is InChI=1S/C24BF20.C20H21N2O/c26-5-1(6(27)14(35)21(42)13(5)34)25(2-7(28)15(36)22(43)16(37)8(2)29,3-9(30)17(38)23(44)18(39)10(3)31)4-11(32)19(40)24(45)20(41)12(4)33;1-15-11-16(2)20(17(3)12-15)23-19-14-22(10-9-21-19)13-18-7-5-4-6-8-18/h;4-12,14H,13H2,1-3H3/q-1;+1. The van der Waals surface area contributed by atoms with Crippen LogP contribution in [-0.2, 0) is 6.54 Å². The first kappa shape index (κ1) is 50.3. The van der Waals surface area contributed by atoms with E-state index in [4.69, 9.17) is 4.74 Å². The van der Waals surface area contributed by atoms with E-state index >= 15 is 35.1 Å². The lowest BCUT2D eigenvalue weighted by atomic mass is 9.12. The zero-order chi connectivity index (χ0) is 50.6. The monoisotopic (exact) mass is 984 g/mol. The molecule has 356 valence electrons. The fourth-order valence-corrected chi connectivity index (χ4v) is 7.66. The second-order valence-electron chi connectivity index (χ2n) is 14.7. The Morgan fingerprint density at radius 1 is 0.426 bits per heavy atom. The lowest BCUT2D eigenvalue weighted by molar-refractivity contribution is -0.689. The van der Waals surface area contributed by atoms with Gasteiger partial charge in [0.15, 0.2) is 82.5 Å². The Morgan fingerprint density at radius 3 is 1.03 bits per heavy atom. The number of aromatic nitrogens is 2. The van der Waals surface area contributed by atoms with Gasteiger partial charge in [0.1, 0.15) is 58.4 Å². The maximum atomic E-state index is 15.4. The molecule has 0 bridgehead atoms. The van der Waals surface area contributed by atoms with Crippen molar-refractivity contribution in [1.82, 2.24) is 4.98 Å². The number of hydrogen-bond acceptors (Lipinski definition) is 2. The SMILES string of the molecule is Cc1cc(C)c(Oc2c[n+](Cc3ccccc3)ccn2)c(C)c1.Fc1c(F)c(F)c([B-](c2c(F)c(F)c(F)c(F)c2F)(c2c(F)c(F)c(F)c(F)c2F)c2c(F)c(F)c(F)c(F)c2F)c(F)c1F. The van der Waals surface area contributed by atoms with Gasteiger partial charge in [-0.15, -0.1) is 21.9 Å². The van der Waals surface area contributed by atoms with Crippen molar-refractivity contribution in [3.63, 3.8) is 0 Å². The van der Waals surface area contributed by atoms with Gasteiger partial charge in [-0.05, 0) is 31.9 Å². The van der Waals surface area contributed by atoms with Crippen LogP contribution in [0.1, 0.15) is 22.3 Å². The average Bonchev–Trinajstić information content (AvgIpc) is 3.30. The molecule has 0 atom stereocenters. The maximum absolute atomic E-state index is 15.4. The van der Waals surface area contributed by atoms with Gasteiger partial charge in [-0.25, -0.2) is 92.8 Å². The molecule has 0 saturated heterocycles. The second-order valence-corrected chi connectivity index (χ2v) is 14.7. The molecule has 0 N–H and O–H groups in total. The molecule has 0 aliphatic carbocycles. The van der Waals surface area contributed by atoms with Crippen LogP contribution < -0.4 is 31.2 Å². The minimum atomic E-state index is -7.22. The summed E-state index contributed by atoms with van der Waals surface area (Å²) in [7, 11) is 0. The van der Waals surface area contributed by atoms with Crippen molar-refractivity contribution in [3.05, 3.63) is 200 Å². The first-order chi connectivity index (χ1) is 31.8. The molecule has 0 spiro atoms. The normalized spacial score (nSPS) is 11.5. The van der Waals surface area contributed by atoms with Crippen molar-refractivity contribution < 1.29 is 97.1 Å². The number of hydrogen-bond donors (Lipinski definition) is 0. The van der Waals surface area contributed by atoms with Crippen molar-refractivity contribution >= 4 is 28.0 Å². The molecular weight excluding hydrogens is 963 g/mol. The molecule has 24 heteroatoms. The molecule has 0 unspecified atom stereocenters. The lowest BCUT2D eigenvalue weighted by Gasteiger charge is -2.44. The van der Waals surface area contributed by atoms with Gasteiger partial charge in [0.25, 0.3) is 5.88 Å². The van der Waals surface area contributed by atoms with Gasteiger partial charge in [0.2, 0.25) is 6.20 Å².